The predicted molar refractivity (Wildman–Crippen MR) is 101 cm³/mol. The van der Waals surface area contributed by atoms with E-state index in [-0.39, 0.29) is 29.5 Å². The second-order valence-electron chi connectivity index (χ2n) is 6.61. The van der Waals surface area contributed by atoms with Gasteiger partial charge in [0.2, 0.25) is 5.78 Å². The van der Waals surface area contributed by atoms with Crippen molar-refractivity contribution in [3.8, 4) is 5.75 Å². The molecular weight excluding hydrogens is 382 g/mol. The van der Waals surface area contributed by atoms with Gasteiger partial charge >= 0.3 is 5.97 Å². The van der Waals surface area contributed by atoms with E-state index in [1.165, 1.54) is 12.1 Å². The number of fused-ring (bicyclic) bond motifs is 1. The van der Waals surface area contributed by atoms with Crippen LogP contribution in [0.1, 0.15) is 21.7 Å². The smallest absolute Gasteiger partial charge is 0.326 e. The second kappa shape index (κ2) is 7.74. The van der Waals surface area contributed by atoms with Crippen molar-refractivity contribution in [2.24, 2.45) is 7.05 Å². The summed E-state index contributed by atoms with van der Waals surface area (Å²) in [5.74, 6) is -1.47. The Labute approximate surface area is 165 Å². The first-order valence-corrected chi connectivity index (χ1v) is 8.72. The number of nitro groups is 1. The highest BCUT2D eigenvalue weighted by molar-refractivity contribution is 6.02. The Kier molecular flexibility index (Phi) is 5.35. The molecule has 0 N–H and O–H groups in total. The third-order valence-corrected chi connectivity index (χ3v) is 4.82. The molecule has 1 aliphatic heterocycles. The SMILES string of the molecule is Cc1cc(C(=O)COC(=O)CN2C(=O)COc3ccc([N+](=O)[O-])cc32)c(C)n1C. The van der Waals surface area contributed by atoms with Crippen LogP contribution in [0.2, 0.25) is 0 Å². The van der Waals surface area contributed by atoms with Crippen molar-refractivity contribution < 1.29 is 28.8 Å². The van der Waals surface area contributed by atoms with E-state index in [2.05, 4.69) is 0 Å². The van der Waals surface area contributed by atoms with Gasteiger partial charge in [0.1, 0.15) is 12.3 Å². The highest BCUT2D eigenvalue weighted by atomic mass is 16.6. The summed E-state index contributed by atoms with van der Waals surface area (Å²) in [6.07, 6.45) is 0. The number of Topliss-reactive ketones (excluding diaryl/α,β-unsaturated/α-hetero) is 1. The predicted octanol–water partition coefficient (Wildman–Crippen LogP) is 1.70. The lowest BCUT2D eigenvalue weighted by Gasteiger charge is -2.28. The van der Waals surface area contributed by atoms with Crippen LogP contribution in [-0.2, 0) is 21.4 Å². The first-order chi connectivity index (χ1) is 13.7. The van der Waals surface area contributed by atoms with Crippen LogP contribution >= 0.6 is 0 Å². The van der Waals surface area contributed by atoms with Gasteiger partial charge in [0.15, 0.2) is 13.2 Å². The number of nitrogens with zero attached hydrogens (tertiary/aromatic N) is 3. The summed E-state index contributed by atoms with van der Waals surface area (Å²) in [6, 6.07) is 5.48. The van der Waals surface area contributed by atoms with Crippen LogP contribution in [0.3, 0.4) is 0 Å². The van der Waals surface area contributed by atoms with Crippen LogP contribution in [0.4, 0.5) is 11.4 Å². The molecule has 152 valence electrons. The van der Waals surface area contributed by atoms with Crippen LogP contribution in [0.5, 0.6) is 5.75 Å². The molecule has 0 unspecified atom stereocenters. The monoisotopic (exact) mass is 401 g/mol. The van der Waals surface area contributed by atoms with Crippen molar-refractivity contribution in [1.82, 2.24) is 4.57 Å². The van der Waals surface area contributed by atoms with Gasteiger partial charge in [0.25, 0.3) is 11.6 Å². The molecule has 10 heteroatoms. The summed E-state index contributed by atoms with van der Waals surface area (Å²) >= 11 is 0. The highest BCUT2D eigenvalue weighted by Crippen LogP contribution is 2.35. The standard InChI is InChI=1S/C19H19N3O7/c1-11-6-14(12(2)20(11)3)16(23)9-29-19(25)8-21-15-7-13(22(26)27)4-5-17(15)28-10-18(21)24/h4-7H,8-10H2,1-3H3. The zero-order valence-corrected chi connectivity index (χ0v) is 16.1. The molecule has 3 rings (SSSR count). The number of carbonyl (C=O) groups excluding carboxylic acids is 3. The van der Waals surface area contributed by atoms with E-state index in [1.807, 2.05) is 18.5 Å². The number of aryl methyl sites for hydroxylation is 1. The first kappa shape index (κ1) is 20.1. The van der Waals surface area contributed by atoms with Crippen molar-refractivity contribution in [1.29, 1.82) is 0 Å². The zero-order chi connectivity index (χ0) is 21.3. The quantitative estimate of drug-likeness (QED) is 0.313. The highest BCUT2D eigenvalue weighted by Gasteiger charge is 2.30. The van der Waals surface area contributed by atoms with Gasteiger partial charge in [-0.2, -0.15) is 0 Å². The van der Waals surface area contributed by atoms with Gasteiger partial charge < -0.3 is 14.0 Å². The largest absolute Gasteiger partial charge is 0.482 e. The number of anilines is 1. The van der Waals surface area contributed by atoms with E-state index in [4.69, 9.17) is 9.47 Å². The number of hydrogen-bond donors (Lipinski definition) is 0. The number of esters is 1. The first-order valence-electron chi connectivity index (χ1n) is 8.72. The number of amides is 1. The molecule has 0 spiro atoms. The fourth-order valence-electron chi connectivity index (χ4n) is 3.01. The Morgan fingerprint density at radius 3 is 2.62 bits per heavy atom. The van der Waals surface area contributed by atoms with E-state index < -0.39 is 30.0 Å². The van der Waals surface area contributed by atoms with Gasteiger partial charge in [0, 0.05) is 36.1 Å². The Balaban J connectivity index is 1.70. The van der Waals surface area contributed by atoms with Crippen LogP contribution in [0, 0.1) is 24.0 Å². The van der Waals surface area contributed by atoms with Crippen molar-refractivity contribution in [3.63, 3.8) is 0 Å². The van der Waals surface area contributed by atoms with Gasteiger partial charge in [-0.3, -0.25) is 29.4 Å². The number of ketones is 1. The number of benzene rings is 1. The van der Waals surface area contributed by atoms with Gasteiger partial charge in [0.05, 0.1) is 10.6 Å². The second-order valence-corrected chi connectivity index (χ2v) is 6.61. The lowest BCUT2D eigenvalue weighted by atomic mass is 10.1. The summed E-state index contributed by atoms with van der Waals surface area (Å²) in [7, 11) is 1.83. The molecule has 1 amide bonds. The van der Waals surface area contributed by atoms with E-state index in [9.17, 15) is 24.5 Å². The molecule has 29 heavy (non-hydrogen) atoms. The molecule has 0 atom stereocenters. The molecule has 0 saturated carbocycles. The minimum Gasteiger partial charge on any atom is -0.482 e. The summed E-state index contributed by atoms with van der Waals surface area (Å²) < 4.78 is 12.1. The van der Waals surface area contributed by atoms with Crippen LogP contribution in [0.25, 0.3) is 0 Å². The Hall–Kier alpha value is -3.69. The topological polar surface area (TPSA) is 121 Å². The number of ether oxygens (including phenoxy) is 2. The van der Waals surface area contributed by atoms with Crippen molar-refractivity contribution in [3.05, 3.63) is 51.3 Å². The maximum atomic E-state index is 12.3. The Morgan fingerprint density at radius 1 is 1.28 bits per heavy atom. The van der Waals surface area contributed by atoms with E-state index in [1.54, 1.807) is 13.0 Å². The van der Waals surface area contributed by atoms with E-state index in [0.29, 0.717) is 5.56 Å². The summed E-state index contributed by atoms with van der Waals surface area (Å²) in [5.41, 5.74) is 1.97. The third kappa shape index (κ3) is 3.96. The number of rotatable bonds is 6. The molecular formula is C19H19N3O7. The van der Waals surface area contributed by atoms with Gasteiger partial charge in [-0.15, -0.1) is 0 Å². The van der Waals surface area contributed by atoms with Crippen molar-refractivity contribution in [2.75, 3.05) is 24.7 Å². The van der Waals surface area contributed by atoms with E-state index >= 15 is 0 Å². The van der Waals surface area contributed by atoms with Gasteiger partial charge in [-0.25, -0.2) is 0 Å². The molecule has 0 fully saturated rings. The number of non-ortho nitro benzene ring substituents is 1. The molecule has 2 heterocycles. The number of aromatic nitrogens is 1. The minimum absolute atomic E-state index is 0.105. The number of carbonyl (C=O) groups is 3. The maximum absolute atomic E-state index is 12.3. The minimum atomic E-state index is -0.809. The average Bonchev–Trinajstić information content (AvgIpc) is 2.95. The molecule has 1 aromatic carbocycles. The molecule has 1 aliphatic rings. The van der Waals surface area contributed by atoms with Crippen molar-refractivity contribution >= 4 is 29.0 Å². The molecule has 0 saturated heterocycles. The molecule has 2 aromatic rings. The number of nitro benzene ring substituents is 1. The molecule has 0 aliphatic carbocycles. The maximum Gasteiger partial charge on any atom is 0.326 e. The fraction of sp³-hybridized carbons (Fsp3) is 0.316. The van der Waals surface area contributed by atoms with Gasteiger partial charge in [-0.1, -0.05) is 0 Å². The molecule has 10 nitrogen and oxygen atoms in total. The summed E-state index contributed by atoms with van der Waals surface area (Å²) in [4.78, 5) is 48.2. The Bertz CT molecular complexity index is 1030. The molecule has 0 bridgehead atoms. The number of hydrogen-bond acceptors (Lipinski definition) is 7. The summed E-state index contributed by atoms with van der Waals surface area (Å²) in [5, 5.41) is 11.0. The van der Waals surface area contributed by atoms with Crippen LogP contribution < -0.4 is 9.64 Å². The fourth-order valence-corrected chi connectivity index (χ4v) is 3.01. The van der Waals surface area contributed by atoms with Crippen molar-refractivity contribution in [2.45, 2.75) is 13.8 Å². The zero-order valence-electron chi connectivity index (χ0n) is 16.1. The third-order valence-electron chi connectivity index (χ3n) is 4.82. The van der Waals surface area contributed by atoms with Crippen LogP contribution in [-0.4, -0.2) is 46.9 Å². The van der Waals surface area contributed by atoms with E-state index in [0.717, 1.165) is 22.4 Å². The lowest BCUT2D eigenvalue weighted by molar-refractivity contribution is -0.384. The average molecular weight is 401 g/mol. The van der Waals surface area contributed by atoms with Gasteiger partial charge in [-0.05, 0) is 26.0 Å². The Morgan fingerprint density at radius 2 is 2.00 bits per heavy atom. The van der Waals surface area contributed by atoms with Crippen LogP contribution in [0.15, 0.2) is 24.3 Å². The normalized spacial score (nSPS) is 12.9. The molecule has 0 radical (unpaired) electrons. The molecule has 1 aromatic heterocycles. The lowest BCUT2D eigenvalue weighted by Crippen LogP contribution is -2.42. The summed E-state index contributed by atoms with van der Waals surface area (Å²) in [6.45, 7) is 2.38.